The molecule has 0 aromatic heterocycles. The van der Waals surface area contributed by atoms with Gasteiger partial charge < -0.3 is 14.6 Å². The highest BCUT2D eigenvalue weighted by atomic mass is 16.6. The molecule has 0 aliphatic heterocycles. The van der Waals surface area contributed by atoms with E-state index in [9.17, 15) is 14.7 Å². The van der Waals surface area contributed by atoms with Gasteiger partial charge in [0.25, 0.3) is 0 Å². The van der Waals surface area contributed by atoms with Crippen LogP contribution in [0.2, 0.25) is 0 Å². The molecule has 0 amide bonds. The standard InChI is InChI=1S/C61H100O5/c1-3-5-7-9-11-13-15-17-19-21-22-23-24-25-26-27-28-29-30-31-32-33-34-35-36-37-38-40-42-44-46-48-50-52-54-56-61(64)66-59(57-62)58-65-60(63)55-53-51-49-47-45-43-41-39-20-18-16-14-12-10-8-6-4-2/h5-8,11-14,17-20,22-23,25-26,41,43,47,49,59,62H,3-4,9-10,15-16,21,24,27-40,42,44-46,48,50-58H2,1-2H3/b7-5-,8-6-,13-11-,14-12-,19-17-,20-18-,23-22-,26-25-,43-41-,49-47-. The summed E-state index contributed by atoms with van der Waals surface area (Å²) in [5.41, 5.74) is 0. The van der Waals surface area contributed by atoms with Gasteiger partial charge in [0.2, 0.25) is 0 Å². The van der Waals surface area contributed by atoms with Crippen molar-refractivity contribution in [2.75, 3.05) is 13.2 Å². The monoisotopic (exact) mass is 913 g/mol. The molecular weight excluding hydrogens is 813 g/mol. The summed E-state index contributed by atoms with van der Waals surface area (Å²) in [6, 6.07) is 0. The summed E-state index contributed by atoms with van der Waals surface area (Å²) < 4.78 is 10.6. The number of ether oxygens (including phenoxy) is 2. The second-order valence-corrected chi connectivity index (χ2v) is 17.5. The Hall–Kier alpha value is -3.70. The van der Waals surface area contributed by atoms with Crippen LogP contribution >= 0.6 is 0 Å². The topological polar surface area (TPSA) is 72.8 Å². The number of unbranched alkanes of at least 4 members (excludes halogenated alkanes) is 20. The van der Waals surface area contributed by atoms with E-state index in [-0.39, 0.29) is 25.2 Å². The van der Waals surface area contributed by atoms with Crippen molar-refractivity contribution in [1.82, 2.24) is 0 Å². The Bertz CT molecular complexity index is 1350. The van der Waals surface area contributed by atoms with Gasteiger partial charge in [-0.1, -0.05) is 245 Å². The molecule has 0 aliphatic carbocycles. The van der Waals surface area contributed by atoms with Crippen molar-refractivity contribution >= 4 is 11.9 Å². The smallest absolute Gasteiger partial charge is 0.306 e. The lowest BCUT2D eigenvalue weighted by Gasteiger charge is -2.15. The lowest BCUT2D eigenvalue weighted by molar-refractivity contribution is -0.161. The Balaban J connectivity index is 3.52. The molecule has 0 aromatic rings. The molecule has 1 atom stereocenters. The van der Waals surface area contributed by atoms with Crippen molar-refractivity contribution in [1.29, 1.82) is 0 Å². The highest BCUT2D eigenvalue weighted by molar-refractivity contribution is 5.70. The number of allylic oxidation sites excluding steroid dienone is 20. The van der Waals surface area contributed by atoms with Crippen LogP contribution in [0.3, 0.4) is 0 Å². The van der Waals surface area contributed by atoms with Crippen molar-refractivity contribution in [3.63, 3.8) is 0 Å². The molecule has 0 bridgehead atoms. The maximum Gasteiger partial charge on any atom is 0.306 e. The number of hydrogen-bond donors (Lipinski definition) is 1. The van der Waals surface area contributed by atoms with Gasteiger partial charge in [-0.05, 0) is 96.3 Å². The summed E-state index contributed by atoms with van der Waals surface area (Å²) in [6.07, 6.45) is 81.8. The van der Waals surface area contributed by atoms with Crippen LogP contribution in [-0.4, -0.2) is 36.4 Å². The average molecular weight is 913 g/mol. The molecule has 0 radical (unpaired) electrons. The van der Waals surface area contributed by atoms with Crippen LogP contribution in [0.25, 0.3) is 0 Å². The van der Waals surface area contributed by atoms with Crippen molar-refractivity contribution in [3.05, 3.63) is 122 Å². The zero-order chi connectivity index (χ0) is 47.7. The number of carbonyl (C=O) groups is 2. The van der Waals surface area contributed by atoms with Gasteiger partial charge in [0.05, 0.1) is 6.61 Å². The third kappa shape index (κ3) is 52.9. The number of aliphatic hydroxyl groups is 1. The van der Waals surface area contributed by atoms with Crippen LogP contribution in [0.15, 0.2) is 122 Å². The molecule has 0 saturated heterocycles. The van der Waals surface area contributed by atoms with E-state index in [0.29, 0.717) is 19.3 Å². The van der Waals surface area contributed by atoms with E-state index in [1.165, 1.54) is 109 Å². The summed E-state index contributed by atoms with van der Waals surface area (Å²) in [4.78, 5) is 24.4. The Morgan fingerprint density at radius 3 is 0.955 bits per heavy atom. The molecule has 1 N–H and O–H groups in total. The third-order valence-corrected chi connectivity index (χ3v) is 11.3. The second kappa shape index (κ2) is 55.6. The fourth-order valence-corrected chi connectivity index (χ4v) is 7.27. The number of aliphatic hydroxyl groups excluding tert-OH is 1. The molecule has 0 rings (SSSR count). The Morgan fingerprint density at radius 2 is 0.621 bits per heavy atom. The van der Waals surface area contributed by atoms with Gasteiger partial charge in [-0.3, -0.25) is 9.59 Å². The van der Waals surface area contributed by atoms with Crippen LogP contribution in [0.5, 0.6) is 0 Å². The Kier molecular flexibility index (Phi) is 52.5. The SMILES string of the molecule is CC/C=C\C/C=C\C/C=C\C/C=C\C/C=C\CCCCCCCCCCCCCCCCCCCCCC(=O)OC(CO)COC(=O)CCC/C=C\C/C=C\C/C=C\C/C=C\C/C=C\CC. The molecule has 5 heteroatoms. The zero-order valence-electron chi connectivity index (χ0n) is 42.7. The van der Waals surface area contributed by atoms with Crippen LogP contribution in [0.1, 0.15) is 232 Å². The molecule has 66 heavy (non-hydrogen) atoms. The summed E-state index contributed by atoms with van der Waals surface area (Å²) in [6.45, 7) is 3.86. The Labute approximate surface area is 407 Å². The predicted molar refractivity (Wildman–Crippen MR) is 288 cm³/mol. The van der Waals surface area contributed by atoms with E-state index < -0.39 is 6.10 Å². The lowest BCUT2D eigenvalue weighted by Crippen LogP contribution is -2.28. The van der Waals surface area contributed by atoms with E-state index in [1.54, 1.807) is 0 Å². The van der Waals surface area contributed by atoms with Crippen LogP contribution in [0.4, 0.5) is 0 Å². The van der Waals surface area contributed by atoms with Gasteiger partial charge in [0, 0.05) is 12.8 Å². The van der Waals surface area contributed by atoms with Gasteiger partial charge in [0.1, 0.15) is 6.61 Å². The first-order valence-corrected chi connectivity index (χ1v) is 27.1. The number of esters is 2. The summed E-state index contributed by atoms with van der Waals surface area (Å²) in [5.74, 6) is -0.660. The summed E-state index contributed by atoms with van der Waals surface area (Å²) in [5, 5.41) is 9.62. The largest absolute Gasteiger partial charge is 0.462 e. The van der Waals surface area contributed by atoms with E-state index in [2.05, 4.69) is 135 Å². The fourth-order valence-electron chi connectivity index (χ4n) is 7.27. The minimum Gasteiger partial charge on any atom is -0.462 e. The van der Waals surface area contributed by atoms with Gasteiger partial charge in [0.15, 0.2) is 6.10 Å². The number of hydrogen-bond acceptors (Lipinski definition) is 5. The van der Waals surface area contributed by atoms with E-state index >= 15 is 0 Å². The predicted octanol–water partition coefficient (Wildman–Crippen LogP) is 18.3. The van der Waals surface area contributed by atoms with Crippen molar-refractivity contribution in [3.8, 4) is 0 Å². The fraction of sp³-hybridized carbons (Fsp3) is 0.639. The molecule has 0 fully saturated rings. The minimum absolute atomic E-state index is 0.0998. The van der Waals surface area contributed by atoms with Gasteiger partial charge in [-0.2, -0.15) is 0 Å². The number of rotatable bonds is 48. The summed E-state index contributed by atoms with van der Waals surface area (Å²) >= 11 is 0. The Morgan fingerprint density at radius 1 is 0.348 bits per heavy atom. The van der Waals surface area contributed by atoms with Crippen molar-refractivity contribution in [2.45, 2.75) is 238 Å². The van der Waals surface area contributed by atoms with Crippen LogP contribution in [-0.2, 0) is 19.1 Å². The van der Waals surface area contributed by atoms with Crippen LogP contribution < -0.4 is 0 Å². The first kappa shape index (κ1) is 62.3. The molecule has 1 unspecified atom stereocenters. The zero-order valence-corrected chi connectivity index (χ0v) is 42.7. The number of carbonyl (C=O) groups excluding carboxylic acids is 2. The van der Waals surface area contributed by atoms with E-state index in [4.69, 9.17) is 9.47 Å². The minimum atomic E-state index is -0.801. The highest BCUT2D eigenvalue weighted by Crippen LogP contribution is 2.16. The highest BCUT2D eigenvalue weighted by Gasteiger charge is 2.16. The molecular formula is C61H100O5. The second-order valence-electron chi connectivity index (χ2n) is 17.5. The molecule has 374 valence electrons. The molecule has 0 saturated carbocycles. The van der Waals surface area contributed by atoms with Crippen molar-refractivity contribution in [2.24, 2.45) is 0 Å². The summed E-state index contributed by atoms with van der Waals surface area (Å²) in [7, 11) is 0. The molecule has 0 heterocycles. The maximum atomic E-state index is 12.3. The molecule has 0 aliphatic rings. The van der Waals surface area contributed by atoms with Gasteiger partial charge in [-0.15, -0.1) is 0 Å². The maximum absolute atomic E-state index is 12.3. The quantitative estimate of drug-likeness (QED) is 0.0374. The van der Waals surface area contributed by atoms with Gasteiger partial charge in [-0.25, -0.2) is 0 Å². The molecule has 0 aromatic carbocycles. The first-order valence-electron chi connectivity index (χ1n) is 27.1. The van der Waals surface area contributed by atoms with E-state index in [0.717, 1.165) is 89.9 Å². The van der Waals surface area contributed by atoms with Gasteiger partial charge >= 0.3 is 11.9 Å². The van der Waals surface area contributed by atoms with Crippen LogP contribution in [0, 0.1) is 0 Å². The molecule has 0 spiro atoms. The van der Waals surface area contributed by atoms with Crippen molar-refractivity contribution < 1.29 is 24.2 Å². The lowest BCUT2D eigenvalue weighted by atomic mass is 10.0. The first-order chi connectivity index (χ1) is 32.6. The third-order valence-electron chi connectivity index (χ3n) is 11.3. The molecule has 5 nitrogen and oxygen atoms in total. The van der Waals surface area contributed by atoms with E-state index in [1.807, 2.05) is 0 Å². The normalized spacial score (nSPS) is 13.2. The average Bonchev–Trinajstić information content (AvgIpc) is 3.32.